The molecule has 0 fully saturated rings. The third-order valence-corrected chi connectivity index (χ3v) is 6.13. The Morgan fingerprint density at radius 3 is 2.45 bits per heavy atom. The molecule has 0 saturated heterocycles. The molecule has 4 aromatic rings. The van der Waals surface area contributed by atoms with E-state index in [0.717, 1.165) is 23.8 Å². The van der Waals surface area contributed by atoms with E-state index in [1.54, 1.807) is 25.1 Å². The Labute approximate surface area is 189 Å². The SMILES string of the molecule is Cc1ncc(C(=O)N(Cc2ccc3ccc(N)nc3c2)c2ccc(F)cc2S(C)(=O)=O)cn1. The molecule has 0 aliphatic heterocycles. The average Bonchev–Trinajstić information content (AvgIpc) is 2.77. The summed E-state index contributed by atoms with van der Waals surface area (Å²) in [7, 11) is -3.85. The first-order valence-electron chi connectivity index (χ1n) is 9.87. The molecule has 10 heteroatoms. The Bertz CT molecular complexity index is 1470. The third kappa shape index (κ3) is 4.80. The second-order valence-corrected chi connectivity index (χ2v) is 9.54. The summed E-state index contributed by atoms with van der Waals surface area (Å²) in [6.07, 6.45) is 3.69. The minimum Gasteiger partial charge on any atom is -0.384 e. The van der Waals surface area contributed by atoms with E-state index >= 15 is 0 Å². The lowest BCUT2D eigenvalue weighted by atomic mass is 10.1. The highest BCUT2D eigenvalue weighted by atomic mass is 32.2. The first-order valence-corrected chi connectivity index (χ1v) is 11.8. The van der Waals surface area contributed by atoms with Crippen molar-refractivity contribution in [3.05, 3.63) is 83.7 Å². The number of fused-ring (bicyclic) bond motifs is 1. The van der Waals surface area contributed by atoms with Crippen molar-refractivity contribution in [1.82, 2.24) is 15.0 Å². The number of carbonyl (C=O) groups excluding carboxylic acids is 1. The summed E-state index contributed by atoms with van der Waals surface area (Å²) in [5.74, 6) is -0.431. The molecule has 4 rings (SSSR count). The van der Waals surface area contributed by atoms with Gasteiger partial charge in [0.15, 0.2) is 9.84 Å². The van der Waals surface area contributed by atoms with Gasteiger partial charge < -0.3 is 10.6 Å². The van der Waals surface area contributed by atoms with Gasteiger partial charge in [-0.2, -0.15) is 0 Å². The fourth-order valence-electron chi connectivity index (χ4n) is 3.39. The molecule has 33 heavy (non-hydrogen) atoms. The number of nitrogens with zero attached hydrogens (tertiary/aromatic N) is 4. The van der Waals surface area contributed by atoms with Crippen molar-refractivity contribution in [1.29, 1.82) is 0 Å². The van der Waals surface area contributed by atoms with Gasteiger partial charge in [-0.3, -0.25) is 4.79 Å². The Hall–Kier alpha value is -3.92. The zero-order valence-electron chi connectivity index (χ0n) is 17.9. The van der Waals surface area contributed by atoms with Crippen molar-refractivity contribution >= 4 is 38.2 Å². The minimum absolute atomic E-state index is 0.00667. The Balaban J connectivity index is 1.85. The zero-order chi connectivity index (χ0) is 23.8. The van der Waals surface area contributed by atoms with Crippen molar-refractivity contribution in [2.45, 2.75) is 18.4 Å². The van der Waals surface area contributed by atoms with E-state index in [-0.39, 0.29) is 22.7 Å². The molecule has 0 saturated carbocycles. The zero-order valence-corrected chi connectivity index (χ0v) is 18.7. The van der Waals surface area contributed by atoms with Crippen LogP contribution < -0.4 is 10.6 Å². The van der Waals surface area contributed by atoms with Crippen LogP contribution in [0, 0.1) is 12.7 Å². The summed E-state index contributed by atoms with van der Waals surface area (Å²) in [4.78, 5) is 26.8. The van der Waals surface area contributed by atoms with Crippen LogP contribution in [0.15, 0.2) is 65.8 Å². The molecule has 0 spiro atoms. The molecule has 2 N–H and O–H groups in total. The van der Waals surface area contributed by atoms with Gasteiger partial charge in [-0.25, -0.2) is 27.8 Å². The number of nitrogen functional groups attached to an aromatic ring is 1. The smallest absolute Gasteiger partial charge is 0.261 e. The number of pyridine rings is 1. The highest BCUT2D eigenvalue weighted by Gasteiger charge is 2.25. The van der Waals surface area contributed by atoms with Crippen LogP contribution >= 0.6 is 0 Å². The number of nitrogens with two attached hydrogens (primary N) is 1. The van der Waals surface area contributed by atoms with Crippen LogP contribution in [0.1, 0.15) is 21.7 Å². The van der Waals surface area contributed by atoms with E-state index in [9.17, 15) is 17.6 Å². The van der Waals surface area contributed by atoms with Gasteiger partial charge in [0.25, 0.3) is 5.91 Å². The number of rotatable bonds is 5. The van der Waals surface area contributed by atoms with Crippen molar-refractivity contribution in [3.8, 4) is 0 Å². The number of halogens is 1. The molecule has 168 valence electrons. The fourth-order valence-corrected chi connectivity index (χ4v) is 4.28. The van der Waals surface area contributed by atoms with Crippen LogP contribution in [-0.2, 0) is 16.4 Å². The normalized spacial score (nSPS) is 11.5. The molecule has 0 aliphatic carbocycles. The summed E-state index contributed by atoms with van der Waals surface area (Å²) in [6.45, 7) is 1.68. The van der Waals surface area contributed by atoms with Gasteiger partial charge in [-0.05, 0) is 48.9 Å². The lowest BCUT2D eigenvalue weighted by Gasteiger charge is -2.25. The predicted molar refractivity (Wildman–Crippen MR) is 123 cm³/mol. The van der Waals surface area contributed by atoms with Crippen LogP contribution in [0.5, 0.6) is 0 Å². The standard InChI is InChI=1S/C23H20FN5O3S/c1-14-26-11-17(12-27-14)23(30)29(20-7-6-18(24)10-21(20)33(2,31)32)13-15-3-4-16-5-8-22(25)28-19(16)9-15/h3-12H,13H2,1-2H3,(H2,25,28). The van der Waals surface area contributed by atoms with Gasteiger partial charge in [-0.15, -0.1) is 0 Å². The number of aromatic nitrogens is 3. The number of sulfone groups is 1. The molecule has 2 heterocycles. The van der Waals surface area contributed by atoms with E-state index in [0.29, 0.717) is 22.7 Å². The quantitative estimate of drug-likeness (QED) is 0.480. The maximum Gasteiger partial charge on any atom is 0.261 e. The number of aryl methyl sites for hydroxylation is 1. The molecule has 0 radical (unpaired) electrons. The number of hydrogen-bond acceptors (Lipinski definition) is 7. The Kier molecular flexibility index (Phi) is 5.77. The predicted octanol–water partition coefficient (Wildman–Crippen LogP) is 3.31. The number of amides is 1. The summed E-state index contributed by atoms with van der Waals surface area (Å²) < 4.78 is 38.8. The first kappa shape index (κ1) is 22.3. The molecular weight excluding hydrogens is 445 g/mol. The highest BCUT2D eigenvalue weighted by Crippen LogP contribution is 2.29. The maximum absolute atomic E-state index is 13.9. The highest BCUT2D eigenvalue weighted by molar-refractivity contribution is 7.90. The van der Waals surface area contributed by atoms with E-state index in [1.165, 1.54) is 23.4 Å². The van der Waals surface area contributed by atoms with Crippen LogP contribution in [0.3, 0.4) is 0 Å². The van der Waals surface area contributed by atoms with Gasteiger partial charge in [0, 0.05) is 24.0 Å². The average molecular weight is 466 g/mol. The van der Waals surface area contributed by atoms with Crippen molar-refractivity contribution in [2.24, 2.45) is 0 Å². The molecule has 0 bridgehead atoms. The van der Waals surface area contributed by atoms with Crippen LogP contribution in [0.2, 0.25) is 0 Å². The number of benzene rings is 2. The monoisotopic (exact) mass is 465 g/mol. The lowest BCUT2D eigenvalue weighted by molar-refractivity contribution is 0.0984. The van der Waals surface area contributed by atoms with Crippen LogP contribution in [0.25, 0.3) is 10.9 Å². The summed E-state index contributed by atoms with van der Waals surface area (Å²) in [6, 6.07) is 12.2. The molecule has 2 aromatic carbocycles. The summed E-state index contributed by atoms with van der Waals surface area (Å²) in [5, 5.41) is 0.858. The first-order chi connectivity index (χ1) is 15.6. The second kappa shape index (κ2) is 8.55. The summed E-state index contributed by atoms with van der Waals surface area (Å²) in [5.41, 5.74) is 7.30. The minimum atomic E-state index is -3.85. The summed E-state index contributed by atoms with van der Waals surface area (Å²) >= 11 is 0. The Morgan fingerprint density at radius 2 is 1.76 bits per heavy atom. The number of carbonyl (C=O) groups is 1. The van der Waals surface area contributed by atoms with Gasteiger partial charge in [0.1, 0.15) is 17.5 Å². The second-order valence-electron chi connectivity index (χ2n) is 7.56. The molecule has 0 aliphatic rings. The van der Waals surface area contributed by atoms with E-state index in [4.69, 9.17) is 5.73 Å². The van der Waals surface area contributed by atoms with Crippen LogP contribution in [-0.4, -0.2) is 35.5 Å². The van der Waals surface area contributed by atoms with Gasteiger partial charge >= 0.3 is 0 Å². The number of anilines is 2. The molecule has 8 nitrogen and oxygen atoms in total. The molecule has 2 aromatic heterocycles. The molecule has 0 unspecified atom stereocenters. The van der Waals surface area contributed by atoms with E-state index < -0.39 is 21.6 Å². The molecule has 1 amide bonds. The Morgan fingerprint density at radius 1 is 1.06 bits per heavy atom. The van der Waals surface area contributed by atoms with Crippen molar-refractivity contribution in [3.63, 3.8) is 0 Å². The van der Waals surface area contributed by atoms with Gasteiger partial charge in [0.05, 0.1) is 28.2 Å². The third-order valence-electron chi connectivity index (χ3n) is 5.00. The van der Waals surface area contributed by atoms with E-state index in [2.05, 4.69) is 15.0 Å². The van der Waals surface area contributed by atoms with Gasteiger partial charge in [-0.1, -0.05) is 12.1 Å². The lowest BCUT2D eigenvalue weighted by Crippen LogP contribution is -2.32. The largest absolute Gasteiger partial charge is 0.384 e. The molecular formula is C23H20FN5O3S. The van der Waals surface area contributed by atoms with Gasteiger partial charge in [0.2, 0.25) is 0 Å². The maximum atomic E-state index is 13.9. The van der Waals surface area contributed by atoms with Crippen LogP contribution in [0.4, 0.5) is 15.9 Å². The number of hydrogen-bond donors (Lipinski definition) is 1. The molecule has 0 atom stereocenters. The van der Waals surface area contributed by atoms with E-state index in [1.807, 2.05) is 12.1 Å². The van der Waals surface area contributed by atoms with Crippen molar-refractivity contribution < 1.29 is 17.6 Å². The fraction of sp³-hybridized carbons (Fsp3) is 0.130. The topological polar surface area (TPSA) is 119 Å². The van der Waals surface area contributed by atoms with Crippen molar-refractivity contribution in [2.75, 3.05) is 16.9 Å².